The number of hydrogen-bond donors (Lipinski definition) is 2. The molecule has 8 heteroatoms. The van der Waals surface area contributed by atoms with Gasteiger partial charge in [-0.25, -0.2) is 4.99 Å². The highest BCUT2D eigenvalue weighted by molar-refractivity contribution is 6.00. The highest BCUT2D eigenvalue weighted by Gasteiger charge is 2.43. The van der Waals surface area contributed by atoms with Crippen molar-refractivity contribution in [3.05, 3.63) is 95.6 Å². The standard InChI is InChI=1S/C32H36N2O6/c1-37-28-16-11-25(22-29(28)38-2)17-19-33-31(36)32(18-6-10-24-8-4-3-5-9-24)23-40-30(34-32)26-12-14-27(15-13-26)39-21-7-20-35/h3-6,8-16,22,35H,7,17-21,23H2,1-2H3,(H,33,36)/b10-6+/t32-/m1/s1. The van der Waals surface area contributed by atoms with Crippen LogP contribution in [0.3, 0.4) is 0 Å². The van der Waals surface area contributed by atoms with Crippen molar-refractivity contribution in [2.45, 2.75) is 24.8 Å². The molecule has 40 heavy (non-hydrogen) atoms. The number of nitrogens with zero attached hydrogens (tertiary/aromatic N) is 1. The van der Waals surface area contributed by atoms with Crippen LogP contribution in [0.25, 0.3) is 6.08 Å². The number of carbonyl (C=O) groups excluding carboxylic acids is 1. The first-order valence-electron chi connectivity index (χ1n) is 13.3. The fourth-order valence-electron chi connectivity index (χ4n) is 4.33. The monoisotopic (exact) mass is 544 g/mol. The number of aliphatic hydroxyl groups is 1. The van der Waals surface area contributed by atoms with Gasteiger partial charge in [0.05, 0.1) is 20.8 Å². The Morgan fingerprint density at radius 3 is 2.55 bits per heavy atom. The second-order valence-corrected chi connectivity index (χ2v) is 9.40. The average Bonchev–Trinajstić information content (AvgIpc) is 3.43. The van der Waals surface area contributed by atoms with E-state index >= 15 is 0 Å². The zero-order chi connectivity index (χ0) is 28.2. The van der Waals surface area contributed by atoms with Crippen LogP contribution in [-0.4, -0.2) is 63.0 Å². The normalized spacial score (nSPS) is 16.3. The number of methoxy groups -OCH3 is 2. The van der Waals surface area contributed by atoms with Gasteiger partial charge in [0.1, 0.15) is 12.4 Å². The summed E-state index contributed by atoms with van der Waals surface area (Å²) in [6, 6.07) is 23.0. The highest BCUT2D eigenvalue weighted by Crippen LogP contribution is 2.29. The van der Waals surface area contributed by atoms with Crippen molar-refractivity contribution in [3.63, 3.8) is 0 Å². The minimum atomic E-state index is -1.09. The van der Waals surface area contributed by atoms with E-state index in [4.69, 9.17) is 29.0 Å². The predicted octanol–water partition coefficient (Wildman–Crippen LogP) is 4.44. The molecule has 2 N–H and O–H groups in total. The van der Waals surface area contributed by atoms with E-state index in [1.165, 1.54) is 0 Å². The Kier molecular flexibility index (Phi) is 10.2. The van der Waals surface area contributed by atoms with Gasteiger partial charge in [-0.15, -0.1) is 0 Å². The van der Waals surface area contributed by atoms with Crippen molar-refractivity contribution in [2.75, 3.05) is 40.6 Å². The van der Waals surface area contributed by atoms with E-state index in [1.807, 2.05) is 84.9 Å². The lowest BCUT2D eigenvalue weighted by Crippen LogP contribution is -2.47. The van der Waals surface area contributed by atoms with Crippen LogP contribution in [0.15, 0.2) is 83.9 Å². The molecule has 0 aliphatic carbocycles. The van der Waals surface area contributed by atoms with Crippen LogP contribution in [-0.2, 0) is 16.0 Å². The van der Waals surface area contributed by atoms with E-state index in [-0.39, 0.29) is 19.1 Å². The summed E-state index contributed by atoms with van der Waals surface area (Å²) in [7, 11) is 3.20. The summed E-state index contributed by atoms with van der Waals surface area (Å²) < 4.78 is 22.3. The van der Waals surface area contributed by atoms with Gasteiger partial charge in [-0.2, -0.15) is 0 Å². The lowest BCUT2D eigenvalue weighted by atomic mass is 9.95. The molecule has 3 aromatic carbocycles. The molecule has 0 spiro atoms. The number of carbonyl (C=O) groups is 1. The van der Waals surface area contributed by atoms with Crippen molar-refractivity contribution in [1.29, 1.82) is 0 Å². The van der Waals surface area contributed by atoms with E-state index in [2.05, 4.69) is 5.32 Å². The smallest absolute Gasteiger partial charge is 0.251 e. The van der Waals surface area contributed by atoms with Gasteiger partial charge in [-0.3, -0.25) is 4.79 Å². The number of amides is 1. The molecule has 3 aromatic rings. The maximum Gasteiger partial charge on any atom is 0.251 e. The summed E-state index contributed by atoms with van der Waals surface area (Å²) >= 11 is 0. The predicted molar refractivity (Wildman–Crippen MR) is 155 cm³/mol. The molecule has 1 aliphatic rings. The Balaban J connectivity index is 1.48. The van der Waals surface area contributed by atoms with Crippen molar-refractivity contribution in [2.24, 2.45) is 4.99 Å². The van der Waals surface area contributed by atoms with E-state index in [0.717, 1.165) is 16.7 Å². The lowest BCUT2D eigenvalue weighted by molar-refractivity contribution is -0.126. The fourth-order valence-corrected chi connectivity index (χ4v) is 4.33. The first-order valence-corrected chi connectivity index (χ1v) is 13.3. The second-order valence-electron chi connectivity index (χ2n) is 9.40. The Morgan fingerprint density at radius 1 is 1.05 bits per heavy atom. The molecule has 0 saturated heterocycles. The summed E-state index contributed by atoms with van der Waals surface area (Å²) in [4.78, 5) is 18.4. The van der Waals surface area contributed by atoms with Gasteiger partial charge in [-0.05, 0) is 53.9 Å². The van der Waals surface area contributed by atoms with Crippen molar-refractivity contribution < 1.29 is 28.8 Å². The van der Waals surface area contributed by atoms with Gasteiger partial charge in [0.25, 0.3) is 5.91 Å². The molecule has 0 fully saturated rings. The molecule has 8 nitrogen and oxygen atoms in total. The topological polar surface area (TPSA) is 98.6 Å². The van der Waals surface area contributed by atoms with Crippen molar-refractivity contribution in [1.82, 2.24) is 5.32 Å². The minimum absolute atomic E-state index is 0.0832. The molecule has 0 saturated carbocycles. The molecule has 0 bridgehead atoms. The third-order valence-electron chi connectivity index (χ3n) is 6.57. The van der Waals surface area contributed by atoms with Gasteiger partial charge < -0.3 is 29.4 Å². The van der Waals surface area contributed by atoms with E-state index in [1.54, 1.807) is 14.2 Å². The number of rotatable bonds is 14. The van der Waals surface area contributed by atoms with Crippen LogP contribution in [0.4, 0.5) is 0 Å². The van der Waals surface area contributed by atoms with Crippen LogP contribution < -0.4 is 19.5 Å². The Morgan fingerprint density at radius 2 is 1.82 bits per heavy atom. The molecule has 210 valence electrons. The molecular weight excluding hydrogens is 508 g/mol. The third kappa shape index (κ3) is 7.42. The summed E-state index contributed by atoms with van der Waals surface area (Å²) in [5.74, 6) is 2.24. The second kappa shape index (κ2) is 14.2. The van der Waals surface area contributed by atoms with Gasteiger partial charge in [-0.1, -0.05) is 48.6 Å². The van der Waals surface area contributed by atoms with E-state index in [0.29, 0.717) is 55.6 Å². The summed E-state index contributed by atoms with van der Waals surface area (Å²) in [5, 5.41) is 12.0. The molecule has 1 aliphatic heterocycles. The molecule has 1 heterocycles. The van der Waals surface area contributed by atoms with Crippen LogP contribution >= 0.6 is 0 Å². The SMILES string of the molecule is COc1ccc(CCNC(=O)[C@@]2(C/C=C/c3ccccc3)COC(c3ccc(OCCCO)cc3)=N2)cc1OC. The lowest BCUT2D eigenvalue weighted by Gasteiger charge is -2.21. The highest BCUT2D eigenvalue weighted by atomic mass is 16.5. The van der Waals surface area contributed by atoms with Crippen molar-refractivity contribution >= 4 is 17.9 Å². The largest absolute Gasteiger partial charge is 0.494 e. The first-order chi connectivity index (χ1) is 19.6. The summed E-state index contributed by atoms with van der Waals surface area (Å²) in [6.45, 7) is 1.09. The summed E-state index contributed by atoms with van der Waals surface area (Å²) in [5.41, 5.74) is 1.74. The van der Waals surface area contributed by atoms with Crippen LogP contribution in [0.2, 0.25) is 0 Å². The van der Waals surface area contributed by atoms with Gasteiger partial charge in [0.15, 0.2) is 17.0 Å². The Labute approximate surface area is 235 Å². The number of nitrogens with one attached hydrogen (secondary N) is 1. The zero-order valence-electron chi connectivity index (χ0n) is 23.0. The maximum atomic E-state index is 13.6. The Hall–Kier alpha value is -4.30. The quantitative estimate of drug-likeness (QED) is 0.291. The van der Waals surface area contributed by atoms with Crippen LogP contribution in [0, 0.1) is 0 Å². The number of aliphatic imine (C=N–C) groups is 1. The first kappa shape index (κ1) is 28.7. The molecule has 0 unspecified atom stereocenters. The zero-order valence-corrected chi connectivity index (χ0v) is 23.0. The number of benzene rings is 3. The molecular formula is C32H36N2O6. The van der Waals surface area contributed by atoms with Gasteiger partial charge in [0, 0.05) is 31.6 Å². The maximum absolute atomic E-state index is 13.6. The number of ether oxygens (including phenoxy) is 4. The molecule has 0 aromatic heterocycles. The molecule has 0 radical (unpaired) electrons. The van der Waals surface area contributed by atoms with Crippen LogP contribution in [0.5, 0.6) is 17.2 Å². The fraction of sp³-hybridized carbons (Fsp3) is 0.312. The number of aliphatic hydroxyl groups excluding tert-OH is 1. The van der Waals surface area contributed by atoms with E-state index < -0.39 is 5.54 Å². The van der Waals surface area contributed by atoms with Crippen molar-refractivity contribution in [3.8, 4) is 17.2 Å². The third-order valence-corrected chi connectivity index (χ3v) is 6.57. The summed E-state index contributed by atoms with van der Waals surface area (Å²) in [6.07, 6.45) is 5.53. The Bertz CT molecular complexity index is 1310. The van der Waals surface area contributed by atoms with Crippen LogP contribution in [0.1, 0.15) is 29.5 Å². The molecule has 1 atom stereocenters. The van der Waals surface area contributed by atoms with Gasteiger partial charge in [0.2, 0.25) is 5.90 Å². The number of hydrogen-bond acceptors (Lipinski definition) is 7. The molecule has 1 amide bonds. The van der Waals surface area contributed by atoms with Gasteiger partial charge >= 0.3 is 0 Å². The van der Waals surface area contributed by atoms with E-state index in [9.17, 15) is 4.79 Å². The molecule has 4 rings (SSSR count). The average molecular weight is 545 g/mol. The minimum Gasteiger partial charge on any atom is -0.494 e.